The molecule has 6 nitrogen and oxygen atoms in total. The van der Waals surface area contributed by atoms with Gasteiger partial charge in [0.1, 0.15) is 5.69 Å². The average molecular weight is 295 g/mol. The van der Waals surface area contributed by atoms with E-state index in [4.69, 9.17) is 0 Å². The third kappa shape index (κ3) is 4.68. The summed E-state index contributed by atoms with van der Waals surface area (Å²) in [4.78, 5) is 12.8. The molecule has 0 aliphatic carbocycles. The summed E-state index contributed by atoms with van der Waals surface area (Å²) < 4.78 is 0. The first kappa shape index (κ1) is 17.4. The van der Waals surface area contributed by atoms with Crippen LogP contribution in [0.3, 0.4) is 0 Å². The molecule has 0 radical (unpaired) electrons. The number of hydrogen-bond donors (Lipinski definition) is 2. The maximum Gasteiger partial charge on any atom is 0.292 e. The van der Waals surface area contributed by atoms with Crippen molar-refractivity contribution < 1.29 is 10.0 Å². The summed E-state index contributed by atoms with van der Waals surface area (Å²) in [5, 5.41) is 23.6. The molecule has 0 aromatic heterocycles. The van der Waals surface area contributed by atoms with Gasteiger partial charge < -0.3 is 15.3 Å². The third-order valence-corrected chi connectivity index (χ3v) is 3.71. The molecule has 0 bridgehead atoms. The molecule has 0 heterocycles. The fraction of sp³-hybridized carbons (Fsp3) is 0.600. The van der Waals surface area contributed by atoms with Gasteiger partial charge in [0.15, 0.2) is 0 Å². The van der Waals surface area contributed by atoms with Crippen molar-refractivity contribution in [3.8, 4) is 0 Å². The Labute approximate surface area is 125 Å². The molecule has 1 aromatic carbocycles. The molecular formula is C15H25N3O3. The van der Waals surface area contributed by atoms with Crippen LogP contribution in [-0.2, 0) is 6.61 Å². The summed E-state index contributed by atoms with van der Waals surface area (Å²) in [6.45, 7) is 6.97. The Bertz CT molecular complexity index is 501. The van der Waals surface area contributed by atoms with Crippen molar-refractivity contribution in [2.75, 3.05) is 26.0 Å². The number of aliphatic hydroxyl groups excluding tert-OH is 1. The number of anilines is 1. The van der Waals surface area contributed by atoms with Gasteiger partial charge in [0.2, 0.25) is 0 Å². The lowest BCUT2D eigenvalue weighted by Gasteiger charge is -2.35. The summed E-state index contributed by atoms with van der Waals surface area (Å²) in [7, 11) is 4.01. The van der Waals surface area contributed by atoms with Crippen LogP contribution in [0.25, 0.3) is 0 Å². The van der Waals surface area contributed by atoms with E-state index in [1.165, 1.54) is 6.07 Å². The van der Waals surface area contributed by atoms with Gasteiger partial charge >= 0.3 is 0 Å². The second-order valence-electron chi connectivity index (χ2n) is 6.36. The van der Waals surface area contributed by atoms with Gasteiger partial charge in [-0.15, -0.1) is 0 Å². The van der Waals surface area contributed by atoms with Crippen LogP contribution in [-0.4, -0.2) is 41.6 Å². The van der Waals surface area contributed by atoms with Crippen LogP contribution in [0, 0.1) is 15.5 Å². The van der Waals surface area contributed by atoms with Crippen LogP contribution in [0.2, 0.25) is 0 Å². The number of benzene rings is 1. The lowest BCUT2D eigenvalue weighted by Crippen LogP contribution is -2.41. The number of rotatable bonds is 7. The van der Waals surface area contributed by atoms with E-state index in [1.54, 1.807) is 12.1 Å². The molecule has 0 saturated heterocycles. The predicted octanol–water partition coefficient (Wildman–Crippen LogP) is 2.48. The fourth-order valence-corrected chi connectivity index (χ4v) is 2.34. The first-order chi connectivity index (χ1) is 9.67. The molecule has 0 amide bonds. The Hall–Kier alpha value is -1.66. The molecule has 1 unspecified atom stereocenters. The zero-order chi connectivity index (χ0) is 16.2. The van der Waals surface area contributed by atoms with E-state index in [-0.39, 0.29) is 23.8 Å². The number of nitrogens with zero attached hydrogens (tertiary/aromatic N) is 2. The van der Waals surface area contributed by atoms with E-state index in [0.717, 1.165) is 6.54 Å². The lowest BCUT2D eigenvalue weighted by molar-refractivity contribution is -0.384. The minimum Gasteiger partial charge on any atom is -0.392 e. The van der Waals surface area contributed by atoms with E-state index >= 15 is 0 Å². The predicted molar refractivity (Wildman–Crippen MR) is 84.4 cm³/mol. The minimum atomic E-state index is -0.408. The summed E-state index contributed by atoms with van der Waals surface area (Å²) in [6, 6.07) is 4.67. The molecule has 2 N–H and O–H groups in total. The first-order valence-electron chi connectivity index (χ1n) is 6.97. The molecule has 118 valence electrons. The summed E-state index contributed by atoms with van der Waals surface area (Å²) in [5.74, 6) is 0. The van der Waals surface area contributed by atoms with Gasteiger partial charge in [-0.1, -0.05) is 13.8 Å². The van der Waals surface area contributed by atoms with Gasteiger partial charge in [0, 0.05) is 18.7 Å². The Morgan fingerprint density at radius 3 is 2.52 bits per heavy atom. The molecule has 1 atom stereocenters. The van der Waals surface area contributed by atoms with Crippen molar-refractivity contribution in [1.82, 2.24) is 4.90 Å². The second kappa shape index (κ2) is 6.87. The SMILES string of the molecule is CC(Nc1cc(CO)ccc1[N+](=O)[O-])C(C)(C)CN(C)C. The third-order valence-electron chi connectivity index (χ3n) is 3.71. The quantitative estimate of drug-likeness (QED) is 0.597. The summed E-state index contributed by atoms with van der Waals surface area (Å²) in [6.07, 6.45) is 0. The van der Waals surface area contributed by atoms with Crippen molar-refractivity contribution in [3.63, 3.8) is 0 Å². The molecule has 1 rings (SSSR count). The van der Waals surface area contributed by atoms with Crippen molar-refractivity contribution in [2.24, 2.45) is 5.41 Å². The van der Waals surface area contributed by atoms with Gasteiger partial charge in [-0.2, -0.15) is 0 Å². The van der Waals surface area contributed by atoms with Crippen LogP contribution in [0.15, 0.2) is 18.2 Å². The molecule has 0 fully saturated rings. The van der Waals surface area contributed by atoms with Crippen LogP contribution in [0.5, 0.6) is 0 Å². The maximum atomic E-state index is 11.1. The molecule has 1 aromatic rings. The van der Waals surface area contributed by atoms with E-state index in [9.17, 15) is 15.2 Å². The van der Waals surface area contributed by atoms with Crippen molar-refractivity contribution in [2.45, 2.75) is 33.4 Å². The zero-order valence-corrected chi connectivity index (χ0v) is 13.4. The van der Waals surface area contributed by atoms with Crippen LogP contribution in [0.1, 0.15) is 26.3 Å². The minimum absolute atomic E-state index is 0.0275. The van der Waals surface area contributed by atoms with Gasteiger partial charge in [0.25, 0.3) is 5.69 Å². The van der Waals surface area contributed by atoms with Crippen LogP contribution < -0.4 is 5.32 Å². The van der Waals surface area contributed by atoms with Gasteiger partial charge in [0.05, 0.1) is 11.5 Å². The van der Waals surface area contributed by atoms with E-state index in [0.29, 0.717) is 11.3 Å². The topological polar surface area (TPSA) is 78.6 Å². The smallest absolute Gasteiger partial charge is 0.292 e. The molecule has 0 aliphatic heterocycles. The Morgan fingerprint density at radius 2 is 2.05 bits per heavy atom. The normalized spacial score (nSPS) is 13.3. The zero-order valence-electron chi connectivity index (χ0n) is 13.4. The Balaban J connectivity index is 3.02. The monoisotopic (exact) mass is 295 g/mol. The summed E-state index contributed by atoms with van der Waals surface area (Å²) in [5.41, 5.74) is 1.07. The highest BCUT2D eigenvalue weighted by Crippen LogP contribution is 2.30. The van der Waals surface area contributed by atoms with E-state index in [2.05, 4.69) is 24.1 Å². The van der Waals surface area contributed by atoms with E-state index < -0.39 is 4.92 Å². The van der Waals surface area contributed by atoms with E-state index in [1.807, 2.05) is 21.0 Å². The lowest BCUT2D eigenvalue weighted by atomic mass is 9.84. The van der Waals surface area contributed by atoms with Crippen molar-refractivity contribution >= 4 is 11.4 Å². The van der Waals surface area contributed by atoms with Crippen molar-refractivity contribution in [3.05, 3.63) is 33.9 Å². The maximum absolute atomic E-state index is 11.1. The van der Waals surface area contributed by atoms with Gasteiger partial charge in [-0.3, -0.25) is 10.1 Å². The fourth-order valence-electron chi connectivity index (χ4n) is 2.34. The number of nitrogens with one attached hydrogen (secondary N) is 1. The highest BCUT2D eigenvalue weighted by Gasteiger charge is 2.28. The van der Waals surface area contributed by atoms with Crippen LogP contribution in [0.4, 0.5) is 11.4 Å². The first-order valence-corrected chi connectivity index (χ1v) is 6.97. The van der Waals surface area contributed by atoms with Gasteiger partial charge in [-0.25, -0.2) is 0 Å². The largest absolute Gasteiger partial charge is 0.392 e. The van der Waals surface area contributed by atoms with Crippen LogP contribution >= 0.6 is 0 Å². The standard InChI is InChI=1S/C15H25N3O3/c1-11(15(2,3)10-17(4)5)16-13-8-12(9-19)6-7-14(13)18(20)21/h6-8,11,16,19H,9-10H2,1-5H3. The Morgan fingerprint density at radius 1 is 1.43 bits per heavy atom. The average Bonchev–Trinajstić information content (AvgIpc) is 2.36. The molecule has 0 spiro atoms. The van der Waals surface area contributed by atoms with Crippen molar-refractivity contribution in [1.29, 1.82) is 0 Å². The molecule has 6 heteroatoms. The molecule has 0 saturated carbocycles. The number of nitro benzene ring substituents is 1. The Kier molecular flexibility index (Phi) is 5.69. The highest BCUT2D eigenvalue weighted by atomic mass is 16.6. The number of aliphatic hydroxyl groups is 1. The summed E-state index contributed by atoms with van der Waals surface area (Å²) >= 11 is 0. The molecule has 21 heavy (non-hydrogen) atoms. The van der Waals surface area contributed by atoms with Gasteiger partial charge in [-0.05, 0) is 44.1 Å². The molecule has 0 aliphatic rings. The highest BCUT2D eigenvalue weighted by molar-refractivity contribution is 5.63. The number of nitro groups is 1. The molecular weight excluding hydrogens is 270 g/mol. The second-order valence-corrected chi connectivity index (χ2v) is 6.36. The number of hydrogen-bond acceptors (Lipinski definition) is 5.